The van der Waals surface area contributed by atoms with E-state index < -0.39 is 0 Å². The maximum atomic E-state index is 11.2. The average molecular weight is 229 g/mol. The average Bonchev–Trinajstić information content (AvgIpc) is 2.44. The summed E-state index contributed by atoms with van der Waals surface area (Å²) in [6.07, 6.45) is 0.232. The molecule has 1 aliphatic rings. The van der Waals surface area contributed by atoms with Crippen LogP contribution in [-0.2, 0) is 4.74 Å². The third kappa shape index (κ3) is 3.96. The zero-order chi connectivity index (χ0) is 12.1. The fourth-order valence-electron chi connectivity index (χ4n) is 1.46. The van der Waals surface area contributed by atoms with E-state index in [0.29, 0.717) is 19.5 Å². The first-order valence-electron chi connectivity index (χ1n) is 5.45. The Morgan fingerprint density at radius 2 is 2.31 bits per heavy atom. The summed E-state index contributed by atoms with van der Waals surface area (Å²) in [5.74, 6) is 0. The van der Waals surface area contributed by atoms with E-state index in [1.165, 1.54) is 4.90 Å². The Hall–Kier alpha value is -1.46. The standard InChI is InChI=1S/C10H19N3O3/c1-7(2)12-9(14)11-5-4-8-6-13(3)10(15)16-8/h7-8H,4-6H2,1-3H3,(H2,11,12,14). The van der Waals surface area contributed by atoms with Gasteiger partial charge in [-0.15, -0.1) is 0 Å². The van der Waals surface area contributed by atoms with Crippen molar-refractivity contribution in [1.29, 1.82) is 0 Å². The van der Waals surface area contributed by atoms with Crippen LogP contribution in [0.15, 0.2) is 0 Å². The zero-order valence-corrected chi connectivity index (χ0v) is 9.95. The fraction of sp³-hybridized carbons (Fsp3) is 0.800. The summed E-state index contributed by atoms with van der Waals surface area (Å²) in [6, 6.07) is -0.0666. The van der Waals surface area contributed by atoms with Crippen molar-refractivity contribution < 1.29 is 14.3 Å². The summed E-state index contributed by atoms with van der Waals surface area (Å²) in [7, 11) is 1.70. The third-order valence-electron chi connectivity index (χ3n) is 2.23. The summed E-state index contributed by atoms with van der Waals surface area (Å²) in [5.41, 5.74) is 0. The Balaban J connectivity index is 2.12. The molecule has 1 aliphatic heterocycles. The van der Waals surface area contributed by atoms with Crippen molar-refractivity contribution in [2.75, 3.05) is 20.1 Å². The molecule has 1 heterocycles. The minimum Gasteiger partial charge on any atom is -0.444 e. The normalized spacial score (nSPS) is 19.9. The highest BCUT2D eigenvalue weighted by molar-refractivity contribution is 5.74. The van der Waals surface area contributed by atoms with Crippen LogP contribution in [0.4, 0.5) is 9.59 Å². The molecule has 0 saturated carbocycles. The number of urea groups is 1. The maximum Gasteiger partial charge on any atom is 0.409 e. The van der Waals surface area contributed by atoms with Gasteiger partial charge in [0.05, 0.1) is 6.54 Å². The van der Waals surface area contributed by atoms with Crippen LogP contribution in [0.2, 0.25) is 0 Å². The lowest BCUT2D eigenvalue weighted by atomic mass is 10.2. The highest BCUT2D eigenvalue weighted by Gasteiger charge is 2.27. The lowest BCUT2D eigenvalue weighted by Gasteiger charge is -2.11. The molecule has 0 spiro atoms. The third-order valence-corrected chi connectivity index (χ3v) is 2.23. The molecule has 92 valence electrons. The van der Waals surface area contributed by atoms with Crippen molar-refractivity contribution in [2.24, 2.45) is 0 Å². The van der Waals surface area contributed by atoms with Crippen LogP contribution in [-0.4, -0.2) is 49.3 Å². The van der Waals surface area contributed by atoms with Crippen molar-refractivity contribution in [3.63, 3.8) is 0 Å². The molecule has 1 atom stereocenters. The van der Waals surface area contributed by atoms with Crippen molar-refractivity contribution >= 4 is 12.1 Å². The smallest absolute Gasteiger partial charge is 0.409 e. The van der Waals surface area contributed by atoms with Gasteiger partial charge in [0, 0.05) is 26.1 Å². The van der Waals surface area contributed by atoms with E-state index >= 15 is 0 Å². The molecule has 0 aromatic rings. The molecule has 1 fully saturated rings. The van der Waals surface area contributed by atoms with Crippen molar-refractivity contribution in [3.05, 3.63) is 0 Å². The number of nitrogens with zero attached hydrogens (tertiary/aromatic N) is 1. The van der Waals surface area contributed by atoms with Crippen molar-refractivity contribution in [2.45, 2.75) is 32.4 Å². The Morgan fingerprint density at radius 3 is 2.81 bits per heavy atom. The van der Waals surface area contributed by atoms with Gasteiger partial charge in [0.15, 0.2) is 0 Å². The quantitative estimate of drug-likeness (QED) is 0.739. The summed E-state index contributed by atoms with van der Waals surface area (Å²) in [4.78, 5) is 23.8. The first kappa shape index (κ1) is 12.6. The molecule has 1 unspecified atom stereocenters. The van der Waals surface area contributed by atoms with Gasteiger partial charge in [-0.05, 0) is 13.8 Å². The van der Waals surface area contributed by atoms with Crippen LogP contribution in [0.1, 0.15) is 20.3 Å². The van der Waals surface area contributed by atoms with E-state index in [2.05, 4.69) is 10.6 Å². The van der Waals surface area contributed by atoms with Gasteiger partial charge in [0.25, 0.3) is 0 Å². The van der Waals surface area contributed by atoms with Gasteiger partial charge in [-0.3, -0.25) is 0 Å². The van der Waals surface area contributed by atoms with Crippen LogP contribution in [0.3, 0.4) is 0 Å². The van der Waals surface area contributed by atoms with Gasteiger partial charge < -0.3 is 20.3 Å². The largest absolute Gasteiger partial charge is 0.444 e. The number of carbonyl (C=O) groups excluding carboxylic acids is 2. The van der Waals surface area contributed by atoms with Gasteiger partial charge in [0.1, 0.15) is 6.10 Å². The molecular weight excluding hydrogens is 210 g/mol. The lowest BCUT2D eigenvalue weighted by molar-refractivity contribution is 0.131. The number of likely N-dealkylation sites (N-methyl/N-ethyl adjacent to an activating group) is 1. The number of cyclic esters (lactones) is 1. The number of amides is 3. The van der Waals surface area contributed by atoms with Crippen LogP contribution >= 0.6 is 0 Å². The van der Waals surface area contributed by atoms with Crippen LogP contribution in [0.25, 0.3) is 0 Å². The fourth-order valence-corrected chi connectivity index (χ4v) is 1.46. The summed E-state index contributed by atoms with van der Waals surface area (Å²) < 4.78 is 5.05. The van der Waals surface area contributed by atoms with Crippen molar-refractivity contribution in [1.82, 2.24) is 15.5 Å². The van der Waals surface area contributed by atoms with Crippen molar-refractivity contribution in [3.8, 4) is 0 Å². The van der Waals surface area contributed by atoms with Crippen LogP contribution in [0, 0.1) is 0 Å². The predicted octanol–water partition coefficient (Wildman–Crippen LogP) is 0.535. The summed E-state index contributed by atoms with van der Waals surface area (Å²) in [5, 5.41) is 5.43. The molecule has 16 heavy (non-hydrogen) atoms. The molecule has 1 saturated heterocycles. The van der Waals surface area contributed by atoms with Crippen LogP contribution in [0.5, 0.6) is 0 Å². The Morgan fingerprint density at radius 1 is 1.62 bits per heavy atom. The molecule has 0 aromatic heterocycles. The number of carbonyl (C=O) groups is 2. The Labute approximate surface area is 95.3 Å². The highest BCUT2D eigenvalue weighted by atomic mass is 16.6. The molecule has 0 radical (unpaired) electrons. The molecule has 6 heteroatoms. The molecule has 0 aromatic carbocycles. The van der Waals surface area contributed by atoms with Gasteiger partial charge in [-0.2, -0.15) is 0 Å². The SMILES string of the molecule is CC(C)NC(=O)NCCC1CN(C)C(=O)O1. The van der Waals surface area contributed by atoms with Gasteiger partial charge in [-0.1, -0.05) is 0 Å². The van der Waals surface area contributed by atoms with Crippen LogP contribution < -0.4 is 10.6 Å². The first-order valence-corrected chi connectivity index (χ1v) is 5.45. The molecule has 0 aliphatic carbocycles. The van der Waals surface area contributed by atoms with Gasteiger partial charge >= 0.3 is 12.1 Å². The molecular formula is C10H19N3O3. The van der Waals surface area contributed by atoms with E-state index in [9.17, 15) is 9.59 Å². The van der Waals surface area contributed by atoms with E-state index in [0.717, 1.165) is 0 Å². The lowest BCUT2D eigenvalue weighted by Crippen LogP contribution is -2.40. The number of rotatable bonds is 4. The molecule has 0 bridgehead atoms. The monoisotopic (exact) mass is 229 g/mol. The predicted molar refractivity (Wildman–Crippen MR) is 59.2 cm³/mol. The topological polar surface area (TPSA) is 70.7 Å². The minimum atomic E-state index is -0.295. The molecule has 2 N–H and O–H groups in total. The molecule has 1 rings (SSSR count). The Kier molecular flexibility index (Phi) is 4.39. The number of hydrogen-bond acceptors (Lipinski definition) is 3. The molecule has 3 amide bonds. The van der Waals surface area contributed by atoms with E-state index in [4.69, 9.17) is 4.74 Å². The number of ether oxygens (including phenoxy) is 1. The Bertz CT molecular complexity index is 268. The second kappa shape index (κ2) is 5.58. The molecule has 6 nitrogen and oxygen atoms in total. The number of hydrogen-bond donors (Lipinski definition) is 2. The van der Waals surface area contributed by atoms with E-state index in [1.807, 2.05) is 13.8 Å². The zero-order valence-electron chi connectivity index (χ0n) is 9.95. The van der Waals surface area contributed by atoms with E-state index in [-0.39, 0.29) is 24.3 Å². The highest BCUT2D eigenvalue weighted by Crippen LogP contribution is 2.10. The second-order valence-corrected chi connectivity index (χ2v) is 4.23. The maximum absolute atomic E-state index is 11.2. The van der Waals surface area contributed by atoms with Gasteiger partial charge in [0.2, 0.25) is 0 Å². The minimum absolute atomic E-state index is 0.114. The first-order chi connectivity index (χ1) is 7.49. The summed E-state index contributed by atoms with van der Waals surface area (Å²) >= 11 is 0. The van der Waals surface area contributed by atoms with Gasteiger partial charge in [-0.25, -0.2) is 9.59 Å². The summed E-state index contributed by atoms with van der Waals surface area (Å²) in [6.45, 7) is 4.89. The number of nitrogens with one attached hydrogen (secondary N) is 2. The second-order valence-electron chi connectivity index (χ2n) is 4.23. The van der Waals surface area contributed by atoms with E-state index in [1.54, 1.807) is 7.05 Å².